The molecule has 0 fully saturated rings. The predicted octanol–water partition coefficient (Wildman–Crippen LogP) is 2.92. The molecule has 0 saturated carbocycles. The van der Waals surface area contributed by atoms with Gasteiger partial charge in [0.15, 0.2) is 11.5 Å². The van der Waals surface area contributed by atoms with Crippen LogP contribution in [0.5, 0.6) is 11.5 Å². The third-order valence-electron chi connectivity index (χ3n) is 3.70. The number of nitrogens with one attached hydrogen (secondary N) is 2. The normalized spacial score (nSPS) is 14.0. The third kappa shape index (κ3) is 4.78. The number of anilines is 1. The van der Waals surface area contributed by atoms with Gasteiger partial charge in [-0.25, -0.2) is 18.1 Å². The zero-order chi connectivity index (χ0) is 20.4. The lowest BCUT2D eigenvalue weighted by molar-refractivity contribution is -0.137. The second-order valence-corrected chi connectivity index (χ2v) is 7.86. The highest BCUT2D eigenvalue weighted by atomic mass is 35.5. The summed E-state index contributed by atoms with van der Waals surface area (Å²) in [6.45, 7) is 0.732. The number of fused-ring (bicyclic) bond motifs is 1. The quantitative estimate of drug-likeness (QED) is 0.675. The van der Waals surface area contributed by atoms with Gasteiger partial charge in [0.2, 0.25) is 10.0 Å². The zero-order valence-electron chi connectivity index (χ0n) is 14.2. The molecule has 1 aliphatic heterocycles. The van der Waals surface area contributed by atoms with Crippen molar-refractivity contribution in [2.24, 2.45) is 0 Å². The van der Waals surface area contributed by atoms with Crippen LogP contribution in [0.2, 0.25) is 5.02 Å². The van der Waals surface area contributed by atoms with Crippen molar-refractivity contribution in [3.8, 4) is 11.5 Å². The monoisotopic (exact) mass is 437 g/mol. The van der Waals surface area contributed by atoms with E-state index in [0.29, 0.717) is 30.9 Å². The van der Waals surface area contributed by atoms with Crippen molar-refractivity contribution in [3.05, 3.63) is 41.0 Å². The van der Waals surface area contributed by atoms with Gasteiger partial charge in [0.05, 0.1) is 15.5 Å². The summed E-state index contributed by atoms with van der Waals surface area (Å²) in [6, 6.07) is 5.00. The zero-order valence-corrected chi connectivity index (χ0v) is 15.8. The van der Waals surface area contributed by atoms with Crippen molar-refractivity contribution in [1.82, 2.24) is 9.71 Å². The van der Waals surface area contributed by atoms with E-state index in [1.54, 1.807) is 0 Å². The van der Waals surface area contributed by atoms with E-state index < -0.39 is 21.8 Å². The Bertz CT molecular complexity index is 970. The van der Waals surface area contributed by atoms with Crippen molar-refractivity contribution in [3.63, 3.8) is 0 Å². The Morgan fingerprint density at radius 2 is 1.82 bits per heavy atom. The minimum Gasteiger partial charge on any atom is -0.486 e. The minimum atomic E-state index is -4.55. The lowest BCUT2D eigenvalue weighted by Crippen LogP contribution is -2.29. The predicted molar refractivity (Wildman–Crippen MR) is 95.4 cm³/mol. The Hall–Kier alpha value is -2.24. The summed E-state index contributed by atoms with van der Waals surface area (Å²) in [6.07, 6.45) is -3.90. The van der Waals surface area contributed by atoms with Crippen LogP contribution in [-0.2, 0) is 16.2 Å². The molecule has 0 bridgehead atoms. The number of pyridine rings is 1. The number of rotatable bonds is 6. The van der Waals surface area contributed by atoms with Gasteiger partial charge in [0.25, 0.3) is 0 Å². The van der Waals surface area contributed by atoms with Gasteiger partial charge in [-0.05, 0) is 18.2 Å². The van der Waals surface area contributed by atoms with Crippen molar-refractivity contribution in [2.75, 3.05) is 31.6 Å². The van der Waals surface area contributed by atoms with Crippen LogP contribution in [-0.4, -0.2) is 39.7 Å². The number of benzene rings is 1. The van der Waals surface area contributed by atoms with Gasteiger partial charge in [0, 0.05) is 25.4 Å². The van der Waals surface area contributed by atoms with Gasteiger partial charge in [-0.2, -0.15) is 13.2 Å². The number of alkyl halides is 3. The fourth-order valence-electron chi connectivity index (χ4n) is 2.36. The molecule has 2 heterocycles. The molecule has 0 atom stereocenters. The smallest absolute Gasteiger partial charge is 0.417 e. The van der Waals surface area contributed by atoms with E-state index in [1.807, 2.05) is 0 Å². The second-order valence-electron chi connectivity index (χ2n) is 5.68. The molecule has 1 aromatic heterocycles. The van der Waals surface area contributed by atoms with Crippen LogP contribution >= 0.6 is 11.6 Å². The molecule has 3 rings (SSSR count). The van der Waals surface area contributed by atoms with Crippen LogP contribution in [0.3, 0.4) is 0 Å². The summed E-state index contributed by atoms with van der Waals surface area (Å²) < 4.78 is 75.5. The maximum Gasteiger partial charge on any atom is 0.417 e. The molecule has 152 valence electrons. The summed E-state index contributed by atoms with van der Waals surface area (Å²) in [5.74, 6) is 0.830. The lowest BCUT2D eigenvalue weighted by atomic mass is 10.3. The number of hydrogen-bond acceptors (Lipinski definition) is 6. The highest BCUT2D eigenvalue weighted by Gasteiger charge is 2.31. The second kappa shape index (κ2) is 8.02. The number of ether oxygens (including phenoxy) is 2. The molecular formula is C16H15ClF3N3O4S. The molecule has 28 heavy (non-hydrogen) atoms. The number of halogens is 4. The maximum absolute atomic E-state index is 12.6. The van der Waals surface area contributed by atoms with Gasteiger partial charge in [-0.1, -0.05) is 11.6 Å². The lowest BCUT2D eigenvalue weighted by Gasteiger charge is -2.19. The van der Waals surface area contributed by atoms with Crippen LogP contribution in [0.15, 0.2) is 35.4 Å². The van der Waals surface area contributed by atoms with Crippen molar-refractivity contribution in [2.45, 2.75) is 11.1 Å². The molecule has 0 saturated heterocycles. The van der Waals surface area contributed by atoms with Crippen LogP contribution in [0, 0.1) is 0 Å². The molecule has 0 spiro atoms. The third-order valence-corrected chi connectivity index (χ3v) is 5.45. The molecular weight excluding hydrogens is 423 g/mol. The number of nitrogens with zero attached hydrogens (tertiary/aromatic N) is 1. The summed E-state index contributed by atoms with van der Waals surface area (Å²) in [5, 5.41) is 2.47. The van der Waals surface area contributed by atoms with Crippen LogP contribution in [0.4, 0.5) is 19.0 Å². The molecule has 0 amide bonds. The van der Waals surface area contributed by atoms with Crippen LogP contribution < -0.4 is 19.5 Å². The molecule has 1 aliphatic rings. The summed E-state index contributed by atoms with van der Waals surface area (Å²) in [7, 11) is -3.81. The Labute approximate surface area is 163 Å². The molecule has 1 aromatic carbocycles. The molecule has 7 nitrogen and oxygen atoms in total. The van der Waals surface area contributed by atoms with E-state index in [9.17, 15) is 21.6 Å². The van der Waals surface area contributed by atoms with Crippen molar-refractivity contribution >= 4 is 27.4 Å². The molecule has 12 heteroatoms. The fraction of sp³-hybridized carbons (Fsp3) is 0.312. The first-order chi connectivity index (χ1) is 13.2. The Balaban J connectivity index is 1.57. The summed E-state index contributed by atoms with van der Waals surface area (Å²) >= 11 is 5.78. The number of sulfonamides is 1. The minimum absolute atomic E-state index is 0.00226. The number of aromatic nitrogens is 1. The first kappa shape index (κ1) is 20.5. The largest absolute Gasteiger partial charge is 0.486 e. The molecule has 2 N–H and O–H groups in total. The number of hydrogen-bond donors (Lipinski definition) is 2. The molecule has 0 radical (unpaired) electrons. The highest BCUT2D eigenvalue weighted by Crippen LogP contribution is 2.33. The van der Waals surface area contributed by atoms with Crippen molar-refractivity contribution in [1.29, 1.82) is 0 Å². The Kier molecular flexibility index (Phi) is 5.87. The topological polar surface area (TPSA) is 89.6 Å². The Morgan fingerprint density at radius 1 is 1.11 bits per heavy atom. The summed E-state index contributed by atoms with van der Waals surface area (Å²) in [5.41, 5.74) is -0.970. The van der Waals surface area contributed by atoms with E-state index in [1.165, 1.54) is 18.2 Å². The van der Waals surface area contributed by atoms with Gasteiger partial charge in [0.1, 0.15) is 19.0 Å². The molecule has 0 unspecified atom stereocenters. The van der Waals surface area contributed by atoms with Gasteiger partial charge in [-0.15, -0.1) is 0 Å². The van der Waals surface area contributed by atoms with Crippen LogP contribution in [0.1, 0.15) is 5.56 Å². The first-order valence-electron chi connectivity index (χ1n) is 8.03. The van der Waals surface area contributed by atoms with Gasteiger partial charge >= 0.3 is 6.18 Å². The summed E-state index contributed by atoms with van der Waals surface area (Å²) in [4.78, 5) is 3.62. The molecule has 2 aromatic rings. The Morgan fingerprint density at radius 3 is 2.50 bits per heavy atom. The SMILES string of the molecule is O=S(=O)(NCCNc1ncc(C(F)(F)F)cc1Cl)c1ccc2c(c1)OCCO2. The standard InChI is InChI=1S/C16H15ClF3N3O4S/c17-12-7-10(16(18,19)20)9-22-15(12)21-3-4-23-28(24,25)11-1-2-13-14(8-11)27-6-5-26-13/h1-2,7-9,23H,3-6H2,(H,21,22). The highest BCUT2D eigenvalue weighted by molar-refractivity contribution is 7.89. The van der Waals surface area contributed by atoms with Gasteiger partial charge in [-0.3, -0.25) is 0 Å². The fourth-order valence-corrected chi connectivity index (χ4v) is 3.64. The molecule has 0 aliphatic carbocycles. The average molecular weight is 438 g/mol. The van der Waals surface area contributed by atoms with E-state index in [4.69, 9.17) is 21.1 Å². The first-order valence-corrected chi connectivity index (χ1v) is 9.89. The van der Waals surface area contributed by atoms with Crippen molar-refractivity contribution < 1.29 is 31.1 Å². The van der Waals surface area contributed by atoms with Gasteiger partial charge < -0.3 is 14.8 Å². The van der Waals surface area contributed by atoms with Crippen LogP contribution in [0.25, 0.3) is 0 Å². The van der Waals surface area contributed by atoms with E-state index in [0.717, 1.165) is 6.07 Å². The average Bonchev–Trinajstić information content (AvgIpc) is 2.65. The maximum atomic E-state index is 12.6. The van der Waals surface area contributed by atoms with E-state index >= 15 is 0 Å². The van der Waals surface area contributed by atoms with E-state index in [2.05, 4.69) is 15.0 Å². The van der Waals surface area contributed by atoms with E-state index in [-0.39, 0.29) is 28.8 Å².